The molecule has 0 radical (unpaired) electrons. The van der Waals surface area contributed by atoms with Crippen molar-refractivity contribution in [2.45, 2.75) is 24.8 Å². The average molecular weight is 221 g/mol. The highest BCUT2D eigenvalue weighted by atomic mass is 16.5. The van der Waals surface area contributed by atoms with Crippen molar-refractivity contribution in [2.75, 3.05) is 7.11 Å². The minimum atomic E-state index is -1.03. The predicted octanol–water partition coefficient (Wildman–Crippen LogP) is 1.66. The number of carbonyl (C=O) groups is 1. The van der Waals surface area contributed by atoms with Gasteiger partial charge in [0.25, 0.3) is 0 Å². The summed E-state index contributed by atoms with van der Waals surface area (Å²) in [6, 6.07) is 4.44. The molecular weight excluding hydrogens is 206 g/mol. The molecule has 1 aromatic rings. The van der Waals surface area contributed by atoms with Gasteiger partial charge in [-0.05, 0) is 36.0 Å². The first-order valence-electron chi connectivity index (χ1n) is 5.29. The summed E-state index contributed by atoms with van der Waals surface area (Å²) in [5.41, 5.74) is 7.28. The normalized spacial score (nSPS) is 16.9. The van der Waals surface area contributed by atoms with Crippen LogP contribution in [0.5, 0.6) is 5.75 Å². The van der Waals surface area contributed by atoms with E-state index in [1.54, 1.807) is 19.2 Å². The lowest BCUT2D eigenvalue weighted by Gasteiger charge is -2.12. The number of carboxylic acid groups (broad SMARTS) is 1. The molecule has 4 nitrogen and oxygen atoms in total. The van der Waals surface area contributed by atoms with Gasteiger partial charge in [-0.3, -0.25) is 4.79 Å². The van der Waals surface area contributed by atoms with E-state index in [0.29, 0.717) is 11.5 Å². The molecule has 1 unspecified atom stereocenters. The van der Waals surface area contributed by atoms with Crippen LogP contribution in [0.25, 0.3) is 0 Å². The van der Waals surface area contributed by atoms with Gasteiger partial charge in [0.15, 0.2) is 0 Å². The molecule has 1 fully saturated rings. The van der Waals surface area contributed by atoms with Crippen molar-refractivity contribution in [1.82, 2.24) is 0 Å². The molecule has 0 aromatic heterocycles. The molecule has 1 aliphatic carbocycles. The number of benzene rings is 1. The van der Waals surface area contributed by atoms with Crippen molar-refractivity contribution in [1.29, 1.82) is 0 Å². The van der Waals surface area contributed by atoms with E-state index in [1.165, 1.54) is 12.8 Å². The second-order valence-corrected chi connectivity index (χ2v) is 4.09. The van der Waals surface area contributed by atoms with E-state index in [9.17, 15) is 4.79 Å². The second-order valence-electron chi connectivity index (χ2n) is 4.09. The predicted molar refractivity (Wildman–Crippen MR) is 59.5 cm³/mol. The number of aliphatic carboxylic acids is 1. The first-order chi connectivity index (χ1) is 7.63. The van der Waals surface area contributed by atoms with E-state index in [0.717, 1.165) is 11.3 Å². The van der Waals surface area contributed by atoms with Crippen LogP contribution in [0.3, 0.4) is 0 Å². The number of nitrogens with two attached hydrogens (primary N) is 1. The Bertz CT molecular complexity index is 413. The zero-order valence-corrected chi connectivity index (χ0v) is 9.14. The third kappa shape index (κ3) is 2.02. The lowest BCUT2D eigenvalue weighted by atomic mass is 10.0. The van der Waals surface area contributed by atoms with Crippen molar-refractivity contribution in [3.05, 3.63) is 29.3 Å². The van der Waals surface area contributed by atoms with Crippen LogP contribution >= 0.6 is 0 Å². The summed E-state index contributed by atoms with van der Waals surface area (Å²) in [6.45, 7) is 0. The fraction of sp³-hybridized carbons (Fsp3) is 0.417. The SMILES string of the molecule is COc1cc(C(N)C(=O)O)ccc1C1CC1. The first kappa shape index (κ1) is 11.0. The molecule has 0 bridgehead atoms. The van der Waals surface area contributed by atoms with Gasteiger partial charge >= 0.3 is 5.97 Å². The van der Waals surface area contributed by atoms with Crippen LogP contribution in [0.4, 0.5) is 0 Å². The van der Waals surface area contributed by atoms with E-state index in [1.807, 2.05) is 6.07 Å². The number of carboxylic acids is 1. The molecule has 1 atom stereocenters. The highest BCUT2D eigenvalue weighted by Gasteiger charge is 2.27. The molecule has 1 aromatic carbocycles. The van der Waals surface area contributed by atoms with E-state index in [2.05, 4.69) is 0 Å². The Balaban J connectivity index is 2.32. The molecule has 0 amide bonds. The Morgan fingerprint density at radius 2 is 2.25 bits per heavy atom. The molecular formula is C12H15NO3. The molecule has 0 aliphatic heterocycles. The standard InChI is InChI=1S/C12H15NO3/c1-16-10-6-8(11(13)12(14)15)4-5-9(10)7-2-3-7/h4-7,11H,2-3,13H2,1H3,(H,14,15). The molecule has 0 spiro atoms. The second kappa shape index (κ2) is 4.14. The fourth-order valence-corrected chi connectivity index (χ4v) is 1.80. The summed E-state index contributed by atoms with van der Waals surface area (Å²) >= 11 is 0. The Labute approximate surface area is 94.0 Å². The zero-order valence-electron chi connectivity index (χ0n) is 9.14. The molecule has 4 heteroatoms. The van der Waals surface area contributed by atoms with Gasteiger partial charge < -0.3 is 15.6 Å². The quantitative estimate of drug-likeness (QED) is 0.811. The molecule has 16 heavy (non-hydrogen) atoms. The third-order valence-electron chi connectivity index (χ3n) is 2.90. The maximum absolute atomic E-state index is 10.8. The summed E-state index contributed by atoms with van der Waals surface area (Å²) in [7, 11) is 1.59. The maximum atomic E-state index is 10.8. The molecule has 86 valence electrons. The maximum Gasteiger partial charge on any atom is 0.325 e. The van der Waals surface area contributed by atoms with Crippen molar-refractivity contribution < 1.29 is 14.6 Å². The van der Waals surface area contributed by atoms with Gasteiger partial charge in [-0.15, -0.1) is 0 Å². The van der Waals surface area contributed by atoms with E-state index in [-0.39, 0.29) is 0 Å². The van der Waals surface area contributed by atoms with Gasteiger partial charge in [0, 0.05) is 0 Å². The lowest BCUT2D eigenvalue weighted by molar-refractivity contribution is -0.138. The van der Waals surface area contributed by atoms with Crippen LogP contribution in [-0.4, -0.2) is 18.2 Å². The number of methoxy groups -OCH3 is 1. The first-order valence-corrected chi connectivity index (χ1v) is 5.29. The molecule has 1 aliphatic rings. The molecule has 0 saturated heterocycles. The molecule has 3 N–H and O–H groups in total. The Morgan fingerprint density at radius 3 is 2.75 bits per heavy atom. The smallest absolute Gasteiger partial charge is 0.325 e. The zero-order chi connectivity index (χ0) is 11.7. The Hall–Kier alpha value is -1.55. The molecule has 0 heterocycles. The van der Waals surface area contributed by atoms with Crippen LogP contribution in [0, 0.1) is 0 Å². The van der Waals surface area contributed by atoms with Gasteiger partial charge in [0.2, 0.25) is 0 Å². The number of hydrogen-bond donors (Lipinski definition) is 2. The summed E-state index contributed by atoms with van der Waals surface area (Å²) in [6.07, 6.45) is 2.36. The van der Waals surface area contributed by atoms with E-state index < -0.39 is 12.0 Å². The van der Waals surface area contributed by atoms with Crippen LogP contribution in [0.15, 0.2) is 18.2 Å². The topological polar surface area (TPSA) is 72.5 Å². The summed E-state index contributed by atoms with van der Waals surface area (Å²) in [5.74, 6) is 0.294. The van der Waals surface area contributed by atoms with Gasteiger partial charge in [-0.1, -0.05) is 12.1 Å². The van der Waals surface area contributed by atoms with Crippen LogP contribution in [0.2, 0.25) is 0 Å². The summed E-state index contributed by atoms with van der Waals surface area (Å²) < 4.78 is 5.27. The van der Waals surface area contributed by atoms with E-state index >= 15 is 0 Å². The van der Waals surface area contributed by atoms with Crippen molar-refractivity contribution in [2.24, 2.45) is 5.73 Å². The highest BCUT2D eigenvalue weighted by Crippen LogP contribution is 2.44. The van der Waals surface area contributed by atoms with Gasteiger partial charge in [-0.25, -0.2) is 0 Å². The van der Waals surface area contributed by atoms with Crippen molar-refractivity contribution >= 4 is 5.97 Å². The van der Waals surface area contributed by atoms with Gasteiger partial charge in [0.05, 0.1) is 7.11 Å². The number of rotatable bonds is 4. The third-order valence-corrected chi connectivity index (χ3v) is 2.90. The van der Waals surface area contributed by atoms with Gasteiger partial charge in [-0.2, -0.15) is 0 Å². The van der Waals surface area contributed by atoms with Crippen molar-refractivity contribution in [3.63, 3.8) is 0 Å². The molecule has 2 rings (SSSR count). The monoisotopic (exact) mass is 221 g/mol. The minimum absolute atomic E-state index is 0.574. The lowest BCUT2D eigenvalue weighted by Crippen LogP contribution is -2.20. The Morgan fingerprint density at radius 1 is 1.56 bits per heavy atom. The average Bonchev–Trinajstić information content (AvgIpc) is 3.11. The summed E-state index contributed by atoms with van der Waals surface area (Å²) in [5, 5.41) is 8.82. The highest BCUT2D eigenvalue weighted by molar-refractivity contribution is 5.75. The minimum Gasteiger partial charge on any atom is -0.496 e. The Kier molecular flexibility index (Phi) is 2.83. The number of ether oxygens (including phenoxy) is 1. The largest absolute Gasteiger partial charge is 0.496 e. The van der Waals surface area contributed by atoms with Crippen molar-refractivity contribution in [3.8, 4) is 5.75 Å². The van der Waals surface area contributed by atoms with E-state index in [4.69, 9.17) is 15.6 Å². The van der Waals surface area contributed by atoms with Crippen LogP contribution < -0.4 is 10.5 Å². The summed E-state index contributed by atoms with van der Waals surface area (Å²) in [4.78, 5) is 10.8. The molecule has 1 saturated carbocycles. The van der Waals surface area contributed by atoms with Crippen LogP contribution in [-0.2, 0) is 4.79 Å². The number of hydrogen-bond acceptors (Lipinski definition) is 3. The van der Waals surface area contributed by atoms with Gasteiger partial charge in [0.1, 0.15) is 11.8 Å². The van der Waals surface area contributed by atoms with Crippen LogP contribution in [0.1, 0.15) is 35.9 Å². The fourth-order valence-electron chi connectivity index (χ4n) is 1.80.